The molecule has 0 amide bonds. The first-order valence-corrected chi connectivity index (χ1v) is 8.22. The molecule has 0 saturated carbocycles. The van der Waals surface area contributed by atoms with Crippen LogP contribution in [0.1, 0.15) is 34.7 Å². The van der Waals surface area contributed by atoms with Crippen molar-refractivity contribution in [2.75, 3.05) is 6.54 Å². The third-order valence-electron chi connectivity index (χ3n) is 3.81. The van der Waals surface area contributed by atoms with Gasteiger partial charge in [0.1, 0.15) is 0 Å². The van der Waals surface area contributed by atoms with Crippen LogP contribution in [0.25, 0.3) is 10.9 Å². The number of aryl methyl sites for hydroxylation is 2. The summed E-state index contributed by atoms with van der Waals surface area (Å²) in [4.78, 5) is 6.26. The van der Waals surface area contributed by atoms with Gasteiger partial charge in [0.2, 0.25) is 0 Å². The molecule has 0 aliphatic heterocycles. The van der Waals surface area contributed by atoms with Gasteiger partial charge in [0.25, 0.3) is 0 Å². The van der Waals surface area contributed by atoms with Crippen molar-refractivity contribution in [3.05, 3.63) is 63.5 Å². The van der Waals surface area contributed by atoms with E-state index in [-0.39, 0.29) is 6.04 Å². The van der Waals surface area contributed by atoms with Gasteiger partial charge in [-0.25, -0.2) is 0 Å². The molecule has 2 aromatic heterocycles. The number of aromatic nitrogens is 1. The maximum absolute atomic E-state index is 4.90. The number of hydrogen-bond donors (Lipinski definition) is 1. The summed E-state index contributed by atoms with van der Waals surface area (Å²) in [7, 11) is 0. The highest BCUT2D eigenvalue weighted by Crippen LogP contribution is 2.30. The van der Waals surface area contributed by atoms with E-state index in [9.17, 15) is 0 Å². The molecule has 2 nitrogen and oxygen atoms in total. The molecule has 3 rings (SSSR count). The lowest BCUT2D eigenvalue weighted by Gasteiger charge is -2.18. The van der Waals surface area contributed by atoms with E-state index in [0.29, 0.717) is 0 Å². The Morgan fingerprint density at radius 2 is 1.95 bits per heavy atom. The van der Waals surface area contributed by atoms with Gasteiger partial charge in [0, 0.05) is 10.3 Å². The second kappa shape index (κ2) is 5.96. The fourth-order valence-corrected chi connectivity index (χ4v) is 3.75. The number of fused-ring (bicyclic) bond motifs is 1. The maximum Gasteiger partial charge on any atom is 0.0847 e. The average Bonchev–Trinajstić information content (AvgIpc) is 2.91. The topological polar surface area (TPSA) is 24.9 Å². The first-order chi connectivity index (χ1) is 10.2. The third kappa shape index (κ3) is 2.71. The van der Waals surface area contributed by atoms with E-state index in [4.69, 9.17) is 4.98 Å². The van der Waals surface area contributed by atoms with Gasteiger partial charge in [-0.05, 0) is 55.1 Å². The Hall–Kier alpha value is -1.71. The highest BCUT2D eigenvalue weighted by Gasteiger charge is 2.18. The molecule has 1 aromatic carbocycles. The summed E-state index contributed by atoms with van der Waals surface area (Å²) in [6, 6.07) is 12.9. The number of para-hydroxylation sites is 1. The normalized spacial score (nSPS) is 12.7. The molecule has 1 N–H and O–H groups in total. The molecule has 108 valence electrons. The van der Waals surface area contributed by atoms with Crippen LogP contribution in [0.3, 0.4) is 0 Å². The highest BCUT2D eigenvalue weighted by atomic mass is 32.1. The molecule has 21 heavy (non-hydrogen) atoms. The van der Waals surface area contributed by atoms with Crippen LogP contribution in [0.4, 0.5) is 0 Å². The lowest BCUT2D eigenvalue weighted by atomic mass is 10.0. The number of nitrogens with zero attached hydrogens (tertiary/aromatic N) is 1. The smallest absolute Gasteiger partial charge is 0.0847 e. The van der Waals surface area contributed by atoms with Crippen LogP contribution in [0.2, 0.25) is 0 Å². The van der Waals surface area contributed by atoms with Gasteiger partial charge < -0.3 is 5.32 Å². The second-order valence-electron chi connectivity index (χ2n) is 5.34. The Morgan fingerprint density at radius 3 is 2.67 bits per heavy atom. The quantitative estimate of drug-likeness (QED) is 0.760. The molecule has 0 saturated heterocycles. The third-order valence-corrected chi connectivity index (χ3v) is 4.89. The van der Waals surface area contributed by atoms with E-state index in [2.05, 4.69) is 67.9 Å². The molecule has 0 fully saturated rings. The fraction of sp³-hybridized carbons (Fsp3) is 0.278. The largest absolute Gasteiger partial charge is 0.305 e. The molecule has 0 spiro atoms. The molecule has 0 aliphatic rings. The first-order valence-electron chi connectivity index (χ1n) is 7.34. The summed E-state index contributed by atoms with van der Waals surface area (Å²) in [5.74, 6) is 0. The Labute approximate surface area is 129 Å². The van der Waals surface area contributed by atoms with E-state index < -0.39 is 0 Å². The fourth-order valence-electron chi connectivity index (χ4n) is 2.74. The lowest BCUT2D eigenvalue weighted by Crippen LogP contribution is -2.23. The number of rotatable bonds is 4. The molecular formula is C18H20N2S. The van der Waals surface area contributed by atoms with Crippen LogP contribution in [-0.4, -0.2) is 11.5 Å². The lowest BCUT2D eigenvalue weighted by molar-refractivity contribution is 0.623. The zero-order valence-corrected chi connectivity index (χ0v) is 13.5. The van der Waals surface area contributed by atoms with Crippen LogP contribution in [0.15, 0.2) is 41.8 Å². The Balaban J connectivity index is 2.14. The maximum atomic E-state index is 4.90. The van der Waals surface area contributed by atoms with E-state index in [1.807, 2.05) is 0 Å². The minimum atomic E-state index is 0.179. The number of benzene rings is 1. The van der Waals surface area contributed by atoms with Crippen LogP contribution in [0.5, 0.6) is 0 Å². The molecule has 0 radical (unpaired) electrons. The minimum absolute atomic E-state index is 0.179. The van der Waals surface area contributed by atoms with Gasteiger partial charge in [-0.2, -0.15) is 0 Å². The van der Waals surface area contributed by atoms with Gasteiger partial charge in [0.15, 0.2) is 0 Å². The van der Waals surface area contributed by atoms with Gasteiger partial charge >= 0.3 is 0 Å². The van der Waals surface area contributed by atoms with E-state index >= 15 is 0 Å². The van der Waals surface area contributed by atoms with E-state index in [1.54, 1.807) is 11.3 Å². The van der Waals surface area contributed by atoms with Crippen LogP contribution in [0, 0.1) is 13.8 Å². The SMILES string of the molecule is CCNC(c1cc(C)c2ccccc2n1)c1sccc1C. The molecule has 0 aliphatic carbocycles. The minimum Gasteiger partial charge on any atom is -0.305 e. The molecule has 1 atom stereocenters. The number of nitrogens with one attached hydrogen (secondary N) is 1. The van der Waals surface area contributed by atoms with Crippen LogP contribution >= 0.6 is 11.3 Å². The summed E-state index contributed by atoms with van der Waals surface area (Å²) in [5.41, 5.74) is 4.80. The second-order valence-corrected chi connectivity index (χ2v) is 6.29. The monoisotopic (exact) mass is 296 g/mol. The summed E-state index contributed by atoms with van der Waals surface area (Å²) >= 11 is 1.80. The van der Waals surface area contributed by atoms with Crippen molar-refractivity contribution in [2.24, 2.45) is 0 Å². The van der Waals surface area contributed by atoms with Crippen molar-refractivity contribution >= 4 is 22.2 Å². The summed E-state index contributed by atoms with van der Waals surface area (Å²) < 4.78 is 0. The predicted octanol–water partition coefficient (Wildman–Crippen LogP) is 4.61. The summed E-state index contributed by atoms with van der Waals surface area (Å²) in [6.45, 7) is 7.40. The molecule has 1 unspecified atom stereocenters. The first kappa shape index (κ1) is 14.2. The Kier molecular flexibility index (Phi) is 4.04. The van der Waals surface area contributed by atoms with E-state index in [1.165, 1.54) is 21.4 Å². The van der Waals surface area contributed by atoms with Crippen molar-refractivity contribution in [1.29, 1.82) is 0 Å². The van der Waals surface area contributed by atoms with Crippen molar-refractivity contribution < 1.29 is 0 Å². The van der Waals surface area contributed by atoms with Crippen molar-refractivity contribution in [2.45, 2.75) is 26.8 Å². The predicted molar refractivity (Wildman–Crippen MR) is 91.1 cm³/mol. The summed E-state index contributed by atoms with van der Waals surface area (Å²) in [5, 5.41) is 6.97. The van der Waals surface area contributed by atoms with Gasteiger partial charge in [-0.1, -0.05) is 25.1 Å². The average molecular weight is 296 g/mol. The molecule has 3 heteroatoms. The molecular weight excluding hydrogens is 276 g/mol. The highest BCUT2D eigenvalue weighted by molar-refractivity contribution is 7.10. The molecule has 0 bridgehead atoms. The van der Waals surface area contributed by atoms with Crippen LogP contribution < -0.4 is 5.32 Å². The molecule has 3 aromatic rings. The number of hydrogen-bond acceptors (Lipinski definition) is 3. The number of pyridine rings is 1. The zero-order chi connectivity index (χ0) is 14.8. The van der Waals surface area contributed by atoms with Gasteiger partial charge in [-0.3, -0.25) is 4.98 Å². The van der Waals surface area contributed by atoms with Crippen LogP contribution in [-0.2, 0) is 0 Å². The van der Waals surface area contributed by atoms with Gasteiger partial charge in [-0.15, -0.1) is 11.3 Å². The standard InChI is InChI=1S/C18H20N2S/c1-4-19-17(18-12(2)9-10-21-18)16-11-13(3)14-7-5-6-8-15(14)20-16/h5-11,17,19H,4H2,1-3H3. The van der Waals surface area contributed by atoms with Crippen molar-refractivity contribution in [1.82, 2.24) is 10.3 Å². The summed E-state index contributed by atoms with van der Waals surface area (Å²) in [6.07, 6.45) is 0. The number of thiophene rings is 1. The Morgan fingerprint density at radius 1 is 1.14 bits per heavy atom. The van der Waals surface area contributed by atoms with Crippen molar-refractivity contribution in [3.8, 4) is 0 Å². The molecule has 2 heterocycles. The zero-order valence-electron chi connectivity index (χ0n) is 12.7. The Bertz CT molecular complexity index is 761. The van der Waals surface area contributed by atoms with Crippen molar-refractivity contribution in [3.63, 3.8) is 0 Å². The van der Waals surface area contributed by atoms with E-state index in [0.717, 1.165) is 17.8 Å². The van der Waals surface area contributed by atoms with Gasteiger partial charge in [0.05, 0.1) is 17.3 Å².